The predicted octanol–water partition coefficient (Wildman–Crippen LogP) is 2.50. The summed E-state index contributed by atoms with van der Waals surface area (Å²) >= 11 is 0. The van der Waals surface area contributed by atoms with Gasteiger partial charge < -0.3 is 26.2 Å². The van der Waals surface area contributed by atoms with Crippen molar-refractivity contribution < 1.29 is 4.79 Å². The van der Waals surface area contributed by atoms with Crippen LogP contribution in [0.5, 0.6) is 0 Å². The fourth-order valence-electron chi connectivity index (χ4n) is 4.89. The number of amides is 1. The number of carbonyl (C=O) groups excluding carboxylic acids is 1. The van der Waals surface area contributed by atoms with Gasteiger partial charge in [0.15, 0.2) is 11.5 Å². The van der Waals surface area contributed by atoms with Gasteiger partial charge in [0.1, 0.15) is 5.82 Å². The molecule has 2 aromatic rings. The topological polar surface area (TPSA) is 99.4 Å². The van der Waals surface area contributed by atoms with E-state index in [1.54, 1.807) is 6.20 Å². The zero-order valence-electron chi connectivity index (χ0n) is 17.9. The van der Waals surface area contributed by atoms with E-state index in [1.807, 2.05) is 12.1 Å². The van der Waals surface area contributed by atoms with E-state index in [4.69, 9.17) is 10.7 Å². The summed E-state index contributed by atoms with van der Waals surface area (Å²) in [5.41, 5.74) is 8.36. The van der Waals surface area contributed by atoms with Crippen molar-refractivity contribution in [2.45, 2.75) is 32.1 Å². The summed E-state index contributed by atoms with van der Waals surface area (Å²) in [5.74, 6) is 0.627. The predicted molar refractivity (Wildman–Crippen MR) is 123 cm³/mol. The summed E-state index contributed by atoms with van der Waals surface area (Å²) in [6.07, 6.45) is 7.70. The molecule has 3 saturated heterocycles. The van der Waals surface area contributed by atoms with Crippen LogP contribution < -0.4 is 26.2 Å². The molecule has 1 amide bonds. The molecule has 0 aliphatic carbocycles. The van der Waals surface area contributed by atoms with Gasteiger partial charge >= 0.3 is 0 Å². The highest BCUT2D eigenvalue weighted by atomic mass is 16.1. The number of hydrogen-bond acceptors (Lipinski definition) is 7. The Morgan fingerprint density at radius 1 is 1.00 bits per heavy atom. The van der Waals surface area contributed by atoms with Gasteiger partial charge in [0.25, 0.3) is 5.91 Å². The molecule has 0 saturated carbocycles. The summed E-state index contributed by atoms with van der Waals surface area (Å²) < 4.78 is 0. The Balaban J connectivity index is 1.30. The van der Waals surface area contributed by atoms with Crippen LogP contribution in [0.25, 0.3) is 0 Å². The normalized spacial score (nSPS) is 20.4. The van der Waals surface area contributed by atoms with Crippen LogP contribution in [0, 0.1) is 5.41 Å². The Bertz CT molecular complexity index is 925. The number of carbonyl (C=O) groups is 1. The minimum atomic E-state index is -0.579. The zero-order chi connectivity index (χ0) is 21.3. The maximum Gasteiger partial charge on any atom is 0.271 e. The number of nitrogens with two attached hydrogens (primary N) is 1. The van der Waals surface area contributed by atoms with Crippen molar-refractivity contribution in [3.05, 3.63) is 36.2 Å². The molecule has 0 radical (unpaired) electrons. The van der Waals surface area contributed by atoms with E-state index in [2.05, 4.69) is 37.6 Å². The Labute approximate surface area is 183 Å². The fourth-order valence-corrected chi connectivity index (χ4v) is 4.89. The van der Waals surface area contributed by atoms with E-state index < -0.39 is 5.91 Å². The summed E-state index contributed by atoms with van der Waals surface area (Å²) in [4.78, 5) is 25.6. The average Bonchev–Trinajstić information content (AvgIpc) is 2.79. The van der Waals surface area contributed by atoms with Gasteiger partial charge in [0.05, 0.1) is 6.20 Å². The molecule has 5 rings (SSSR count). The largest absolute Gasteiger partial charge is 0.371 e. The van der Waals surface area contributed by atoms with E-state index in [0.29, 0.717) is 11.2 Å². The van der Waals surface area contributed by atoms with Crippen LogP contribution in [-0.2, 0) is 0 Å². The third-order valence-electron chi connectivity index (χ3n) is 6.99. The number of benzene rings is 1. The molecule has 0 unspecified atom stereocenters. The molecule has 4 heterocycles. The summed E-state index contributed by atoms with van der Waals surface area (Å²) in [6, 6.07) is 8.33. The molecule has 0 atom stereocenters. The first-order valence-electron chi connectivity index (χ1n) is 11.4. The zero-order valence-corrected chi connectivity index (χ0v) is 17.9. The number of piperidine rings is 2. The molecule has 164 valence electrons. The quantitative estimate of drug-likeness (QED) is 0.682. The number of anilines is 4. The molecule has 1 aromatic heterocycles. The number of rotatable bonds is 5. The molecular weight excluding hydrogens is 390 g/mol. The van der Waals surface area contributed by atoms with Crippen molar-refractivity contribution in [2.75, 3.05) is 54.4 Å². The smallest absolute Gasteiger partial charge is 0.271 e. The minimum Gasteiger partial charge on any atom is -0.371 e. The molecule has 0 bridgehead atoms. The van der Waals surface area contributed by atoms with Crippen molar-refractivity contribution in [3.8, 4) is 0 Å². The maximum absolute atomic E-state index is 11.9. The van der Waals surface area contributed by atoms with Gasteiger partial charge in [0, 0.05) is 50.6 Å². The Morgan fingerprint density at radius 2 is 1.71 bits per heavy atom. The lowest BCUT2D eigenvalue weighted by Gasteiger charge is -2.49. The molecule has 4 N–H and O–H groups in total. The minimum absolute atomic E-state index is 0.167. The van der Waals surface area contributed by atoms with E-state index in [1.165, 1.54) is 38.0 Å². The average molecular weight is 422 g/mol. The van der Waals surface area contributed by atoms with Crippen LogP contribution in [0.1, 0.15) is 42.6 Å². The fraction of sp³-hybridized carbons (Fsp3) is 0.522. The third-order valence-corrected chi connectivity index (χ3v) is 6.99. The van der Waals surface area contributed by atoms with Crippen LogP contribution >= 0.6 is 0 Å². The Kier molecular flexibility index (Phi) is 5.40. The van der Waals surface area contributed by atoms with Crippen LogP contribution in [-0.4, -0.2) is 55.1 Å². The lowest BCUT2D eigenvalue weighted by atomic mass is 9.73. The lowest BCUT2D eigenvalue weighted by molar-refractivity contribution is 0.0996. The Morgan fingerprint density at radius 3 is 2.32 bits per heavy atom. The number of aromatic nitrogens is 2. The molecule has 1 spiro atoms. The van der Waals surface area contributed by atoms with Crippen LogP contribution in [0.4, 0.5) is 23.0 Å². The summed E-state index contributed by atoms with van der Waals surface area (Å²) in [6.45, 7) is 6.47. The van der Waals surface area contributed by atoms with Crippen molar-refractivity contribution in [3.63, 3.8) is 0 Å². The van der Waals surface area contributed by atoms with Crippen LogP contribution in [0.2, 0.25) is 0 Å². The van der Waals surface area contributed by atoms with Gasteiger partial charge in [0.2, 0.25) is 0 Å². The SMILES string of the molecule is NC(=O)c1ncc(N2CCCCC2)nc1Nc1ccc(N2CCC3(CC2)CNC3)cc1. The molecular formula is C23H31N7O. The van der Waals surface area contributed by atoms with Gasteiger partial charge in [-0.15, -0.1) is 0 Å². The van der Waals surface area contributed by atoms with Gasteiger partial charge in [-0.3, -0.25) is 4.79 Å². The van der Waals surface area contributed by atoms with Gasteiger partial charge in [-0.2, -0.15) is 0 Å². The van der Waals surface area contributed by atoms with Crippen molar-refractivity contribution in [1.82, 2.24) is 15.3 Å². The highest BCUT2D eigenvalue weighted by Crippen LogP contribution is 2.36. The first kappa shape index (κ1) is 20.1. The molecule has 8 nitrogen and oxygen atoms in total. The maximum atomic E-state index is 11.9. The summed E-state index contributed by atoms with van der Waals surface area (Å²) in [7, 11) is 0. The molecule has 3 aliphatic heterocycles. The number of hydrogen-bond donors (Lipinski definition) is 3. The number of nitrogens with zero attached hydrogens (tertiary/aromatic N) is 4. The van der Waals surface area contributed by atoms with Crippen molar-refractivity contribution >= 4 is 28.9 Å². The van der Waals surface area contributed by atoms with Crippen molar-refractivity contribution in [1.29, 1.82) is 0 Å². The molecule has 1 aromatic carbocycles. The molecule has 8 heteroatoms. The lowest BCUT2D eigenvalue weighted by Crippen LogP contribution is -2.58. The first-order chi connectivity index (χ1) is 15.1. The summed E-state index contributed by atoms with van der Waals surface area (Å²) in [5, 5.41) is 6.69. The second-order valence-electron chi connectivity index (χ2n) is 9.10. The van der Waals surface area contributed by atoms with Gasteiger partial charge in [-0.1, -0.05) is 0 Å². The molecule has 3 fully saturated rings. The second-order valence-corrected chi connectivity index (χ2v) is 9.10. The van der Waals surface area contributed by atoms with Gasteiger partial charge in [-0.25, -0.2) is 9.97 Å². The van der Waals surface area contributed by atoms with Gasteiger partial charge in [-0.05, 0) is 61.8 Å². The van der Waals surface area contributed by atoms with Crippen molar-refractivity contribution in [2.24, 2.45) is 11.1 Å². The highest BCUT2D eigenvalue weighted by molar-refractivity contribution is 5.96. The third kappa shape index (κ3) is 4.17. The highest BCUT2D eigenvalue weighted by Gasteiger charge is 2.39. The molecule has 3 aliphatic rings. The van der Waals surface area contributed by atoms with E-state index in [0.717, 1.165) is 50.5 Å². The van der Waals surface area contributed by atoms with E-state index >= 15 is 0 Å². The molecule has 31 heavy (non-hydrogen) atoms. The second kappa shape index (κ2) is 8.34. The first-order valence-corrected chi connectivity index (χ1v) is 11.4. The van der Waals surface area contributed by atoms with Crippen LogP contribution in [0.15, 0.2) is 30.5 Å². The number of nitrogens with one attached hydrogen (secondary N) is 2. The Hall–Kier alpha value is -2.87. The number of primary amides is 1. The van der Waals surface area contributed by atoms with E-state index in [9.17, 15) is 4.79 Å². The van der Waals surface area contributed by atoms with Crippen LogP contribution in [0.3, 0.4) is 0 Å². The van der Waals surface area contributed by atoms with E-state index in [-0.39, 0.29) is 5.69 Å². The standard InChI is InChI=1S/C23H31N7O/c24-21(31)20-22(28-19(14-26-20)30-10-2-1-3-11-30)27-17-4-6-18(7-5-17)29-12-8-23(9-13-29)15-25-16-23/h4-7,14,25H,1-3,8-13,15-16H2,(H2,24,31)(H,27,28). The monoisotopic (exact) mass is 421 g/mol.